The summed E-state index contributed by atoms with van der Waals surface area (Å²) in [6.45, 7) is 3.18. The molecule has 0 bridgehead atoms. The number of carbonyl (C=O) groups is 1. The first-order valence-corrected chi connectivity index (χ1v) is 7.44. The van der Waals surface area contributed by atoms with Gasteiger partial charge in [-0.2, -0.15) is 0 Å². The minimum Gasteiger partial charge on any atom is -0.478 e. The van der Waals surface area contributed by atoms with Crippen LogP contribution in [0.5, 0.6) is 0 Å². The monoisotopic (exact) mass is 308 g/mol. The van der Waals surface area contributed by atoms with Crippen molar-refractivity contribution in [2.45, 2.75) is 6.42 Å². The fourth-order valence-electron chi connectivity index (χ4n) is 2.84. The molecular formula is C16H21ClN2O2. The number of aliphatic carboxylic acids is 1. The summed E-state index contributed by atoms with van der Waals surface area (Å²) in [5, 5.41) is 9.37. The second-order valence-corrected chi connectivity index (χ2v) is 6.05. The second-order valence-electron chi connectivity index (χ2n) is 5.64. The Balaban J connectivity index is 2.18. The quantitative estimate of drug-likeness (QED) is 0.850. The molecule has 0 spiro atoms. The first-order chi connectivity index (χ1) is 9.97. The number of carboxylic acids is 1. The Labute approximate surface area is 130 Å². The van der Waals surface area contributed by atoms with Crippen LogP contribution in [0.25, 0.3) is 6.08 Å². The van der Waals surface area contributed by atoms with Crippen molar-refractivity contribution >= 4 is 29.3 Å². The molecule has 1 atom stereocenters. The van der Waals surface area contributed by atoms with E-state index >= 15 is 0 Å². The number of benzene rings is 1. The van der Waals surface area contributed by atoms with E-state index in [1.807, 2.05) is 19.2 Å². The predicted molar refractivity (Wildman–Crippen MR) is 87.0 cm³/mol. The van der Waals surface area contributed by atoms with Gasteiger partial charge in [-0.15, -0.1) is 0 Å². The van der Waals surface area contributed by atoms with Crippen LogP contribution in [0.3, 0.4) is 0 Å². The number of rotatable bonds is 5. The van der Waals surface area contributed by atoms with Gasteiger partial charge >= 0.3 is 5.97 Å². The first kappa shape index (κ1) is 15.9. The molecule has 1 aliphatic heterocycles. The highest BCUT2D eigenvalue weighted by Crippen LogP contribution is 2.29. The summed E-state index contributed by atoms with van der Waals surface area (Å²) < 4.78 is 0. The zero-order valence-corrected chi connectivity index (χ0v) is 13.2. The topological polar surface area (TPSA) is 43.8 Å². The molecule has 1 aromatic rings. The van der Waals surface area contributed by atoms with E-state index < -0.39 is 5.97 Å². The van der Waals surface area contributed by atoms with E-state index in [4.69, 9.17) is 16.7 Å². The Morgan fingerprint density at radius 1 is 1.57 bits per heavy atom. The van der Waals surface area contributed by atoms with Gasteiger partial charge in [0.05, 0.1) is 0 Å². The minimum atomic E-state index is -0.971. The van der Waals surface area contributed by atoms with Crippen LogP contribution in [0.15, 0.2) is 24.3 Å². The second kappa shape index (κ2) is 6.96. The molecule has 1 N–H and O–H groups in total. The molecule has 5 heteroatoms. The van der Waals surface area contributed by atoms with Crippen LogP contribution in [0.4, 0.5) is 5.69 Å². The molecule has 1 heterocycles. The molecule has 2 rings (SSSR count). The normalized spacial score (nSPS) is 19.3. The van der Waals surface area contributed by atoms with Gasteiger partial charge in [0.2, 0.25) is 0 Å². The van der Waals surface area contributed by atoms with Crippen LogP contribution in [-0.2, 0) is 4.79 Å². The molecule has 0 amide bonds. The third kappa shape index (κ3) is 4.22. The number of hydrogen-bond donors (Lipinski definition) is 1. The maximum absolute atomic E-state index is 10.7. The molecule has 0 aromatic heterocycles. The van der Waals surface area contributed by atoms with Crippen molar-refractivity contribution in [1.82, 2.24) is 4.90 Å². The zero-order valence-electron chi connectivity index (χ0n) is 12.4. The SMILES string of the molecule is CN1CCC(CN(C)c2cccc(Cl)c2C=CC(=O)O)C1. The van der Waals surface area contributed by atoms with Gasteiger partial charge in [-0.25, -0.2) is 4.79 Å². The summed E-state index contributed by atoms with van der Waals surface area (Å²) in [6, 6.07) is 5.66. The number of likely N-dealkylation sites (tertiary alicyclic amines) is 1. The Bertz CT molecular complexity index is 545. The number of nitrogens with zero attached hydrogens (tertiary/aromatic N) is 2. The fraction of sp³-hybridized carbons (Fsp3) is 0.438. The molecule has 0 saturated carbocycles. The summed E-state index contributed by atoms with van der Waals surface area (Å²) in [4.78, 5) is 15.2. The lowest BCUT2D eigenvalue weighted by Gasteiger charge is -2.25. The molecule has 1 aromatic carbocycles. The van der Waals surface area contributed by atoms with Crippen LogP contribution in [-0.4, -0.2) is 49.7 Å². The Kier molecular flexibility index (Phi) is 5.26. The number of carboxylic acid groups (broad SMARTS) is 1. The maximum Gasteiger partial charge on any atom is 0.328 e. The van der Waals surface area contributed by atoms with Gasteiger partial charge in [-0.05, 0) is 44.1 Å². The first-order valence-electron chi connectivity index (χ1n) is 7.06. The van der Waals surface area contributed by atoms with Crippen molar-refractivity contribution in [1.29, 1.82) is 0 Å². The lowest BCUT2D eigenvalue weighted by Crippen LogP contribution is -2.27. The smallest absolute Gasteiger partial charge is 0.328 e. The van der Waals surface area contributed by atoms with Gasteiger partial charge < -0.3 is 14.9 Å². The van der Waals surface area contributed by atoms with E-state index in [1.165, 1.54) is 6.42 Å². The van der Waals surface area contributed by atoms with Crippen LogP contribution >= 0.6 is 11.6 Å². The van der Waals surface area contributed by atoms with Crippen molar-refractivity contribution in [3.05, 3.63) is 34.9 Å². The van der Waals surface area contributed by atoms with Gasteiger partial charge in [0, 0.05) is 42.5 Å². The predicted octanol–water partition coefficient (Wildman–Crippen LogP) is 2.83. The summed E-state index contributed by atoms with van der Waals surface area (Å²) in [5.74, 6) is -0.337. The maximum atomic E-state index is 10.7. The standard InChI is InChI=1S/C16H21ClN2O2/c1-18-9-8-12(10-18)11-19(2)15-5-3-4-14(17)13(15)6-7-16(20)21/h3-7,12H,8-11H2,1-2H3,(H,20,21). The number of hydrogen-bond acceptors (Lipinski definition) is 3. The van der Waals surface area contributed by atoms with Crippen LogP contribution in [0, 0.1) is 5.92 Å². The summed E-state index contributed by atoms with van der Waals surface area (Å²) in [6.07, 6.45) is 3.89. The lowest BCUT2D eigenvalue weighted by molar-refractivity contribution is -0.131. The van der Waals surface area contributed by atoms with E-state index in [-0.39, 0.29) is 0 Å². The molecule has 1 fully saturated rings. The average Bonchev–Trinajstić information content (AvgIpc) is 2.82. The van der Waals surface area contributed by atoms with E-state index in [2.05, 4.69) is 16.8 Å². The molecule has 114 valence electrons. The number of anilines is 1. The summed E-state index contributed by atoms with van der Waals surface area (Å²) >= 11 is 6.22. The molecule has 1 saturated heterocycles. The van der Waals surface area contributed by atoms with Crippen molar-refractivity contribution in [2.75, 3.05) is 38.6 Å². The highest BCUT2D eigenvalue weighted by atomic mass is 35.5. The van der Waals surface area contributed by atoms with Gasteiger partial charge in [0.15, 0.2) is 0 Å². The Morgan fingerprint density at radius 2 is 2.33 bits per heavy atom. The van der Waals surface area contributed by atoms with Crippen molar-refractivity contribution in [3.63, 3.8) is 0 Å². The largest absolute Gasteiger partial charge is 0.478 e. The number of halogens is 1. The third-order valence-corrected chi connectivity index (χ3v) is 4.18. The van der Waals surface area contributed by atoms with Crippen molar-refractivity contribution in [2.24, 2.45) is 5.92 Å². The zero-order chi connectivity index (χ0) is 15.4. The van der Waals surface area contributed by atoms with Crippen molar-refractivity contribution < 1.29 is 9.90 Å². The van der Waals surface area contributed by atoms with Crippen LogP contribution < -0.4 is 4.90 Å². The fourth-order valence-corrected chi connectivity index (χ4v) is 3.07. The molecular weight excluding hydrogens is 288 g/mol. The minimum absolute atomic E-state index is 0.570. The average molecular weight is 309 g/mol. The molecule has 21 heavy (non-hydrogen) atoms. The summed E-state index contributed by atoms with van der Waals surface area (Å²) in [7, 11) is 4.17. The van der Waals surface area contributed by atoms with Gasteiger partial charge in [0.1, 0.15) is 0 Å². The van der Waals surface area contributed by atoms with Gasteiger partial charge in [-0.1, -0.05) is 17.7 Å². The van der Waals surface area contributed by atoms with Crippen LogP contribution in [0.1, 0.15) is 12.0 Å². The summed E-state index contributed by atoms with van der Waals surface area (Å²) in [5.41, 5.74) is 1.73. The Morgan fingerprint density at radius 3 is 2.95 bits per heavy atom. The molecule has 1 unspecified atom stereocenters. The molecule has 4 nitrogen and oxygen atoms in total. The Hall–Kier alpha value is -1.52. The van der Waals surface area contributed by atoms with E-state index in [1.54, 1.807) is 12.1 Å². The van der Waals surface area contributed by atoms with Gasteiger partial charge in [-0.3, -0.25) is 0 Å². The third-order valence-electron chi connectivity index (χ3n) is 3.85. The van der Waals surface area contributed by atoms with Crippen LogP contribution in [0.2, 0.25) is 5.02 Å². The van der Waals surface area contributed by atoms with E-state index in [9.17, 15) is 4.79 Å². The lowest BCUT2D eigenvalue weighted by atomic mass is 10.1. The van der Waals surface area contributed by atoms with E-state index in [0.717, 1.165) is 37.0 Å². The van der Waals surface area contributed by atoms with E-state index in [0.29, 0.717) is 10.9 Å². The molecule has 0 aliphatic carbocycles. The highest BCUT2D eigenvalue weighted by Gasteiger charge is 2.21. The molecule has 0 radical (unpaired) electrons. The molecule has 1 aliphatic rings. The van der Waals surface area contributed by atoms with Crippen molar-refractivity contribution in [3.8, 4) is 0 Å². The van der Waals surface area contributed by atoms with Gasteiger partial charge in [0.25, 0.3) is 0 Å². The highest BCUT2D eigenvalue weighted by molar-refractivity contribution is 6.32.